The van der Waals surface area contributed by atoms with E-state index in [9.17, 15) is 4.57 Å². The van der Waals surface area contributed by atoms with Crippen molar-refractivity contribution < 1.29 is 9.09 Å². The Morgan fingerprint density at radius 3 is 1.59 bits per heavy atom. The summed E-state index contributed by atoms with van der Waals surface area (Å²) < 4.78 is 19.4. The van der Waals surface area contributed by atoms with Gasteiger partial charge in [0.05, 0.1) is 0 Å². The molecule has 0 spiro atoms. The van der Waals surface area contributed by atoms with Gasteiger partial charge in [-0.3, -0.25) is 4.57 Å². The maximum atomic E-state index is 13.2. The van der Waals surface area contributed by atoms with Gasteiger partial charge in [-0.2, -0.15) is 0 Å². The molecule has 0 saturated carbocycles. The fraction of sp³-hybridized carbons (Fsp3) is 0.308. The summed E-state index contributed by atoms with van der Waals surface area (Å²) in [5.74, 6) is 0.767. The molecule has 1 unspecified atom stereocenters. The van der Waals surface area contributed by atoms with Gasteiger partial charge in [0.1, 0.15) is 5.75 Å². The summed E-state index contributed by atoms with van der Waals surface area (Å²) in [5.41, 5.74) is 4.22. The summed E-state index contributed by atoms with van der Waals surface area (Å²) in [6.45, 7) is 13.0. The summed E-state index contributed by atoms with van der Waals surface area (Å²) in [5, 5.41) is 0.734. The average molecular weight is 407 g/mol. The van der Waals surface area contributed by atoms with Gasteiger partial charge in [0.15, 0.2) is 0 Å². The molecule has 0 aliphatic carbocycles. The maximum Gasteiger partial charge on any atom is 0.265 e. The van der Waals surface area contributed by atoms with Crippen LogP contribution in [0.4, 0.5) is 0 Å². The lowest BCUT2D eigenvalue weighted by atomic mass is 9.80. The molecular weight excluding hydrogens is 375 g/mol. The molecule has 0 aromatic heterocycles. The Labute approximate surface area is 175 Å². The third-order valence-corrected chi connectivity index (χ3v) is 6.25. The van der Waals surface area contributed by atoms with Crippen molar-refractivity contribution in [2.75, 3.05) is 0 Å². The number of hydrogen-bond donors (Lipinski definition) is 0. The van der Waals surface area contributed by atoms with Crippen molar-refractivity contribution in [1.29, 1.82) is 0 Å². The predicted molar refractivity (Wildman–Crippen MR) is 125 cm³/mol. The normalized spacial score (nSPS) is 13.2. The summed E-state index contributed by atoms with van der Waals surface area (Å²) in [7, 11) is -2.43. The van der Waals surface area contributed by atoms with Crippen molar-refractivity contribution >= 4 is 13.3 Å². The van der Waals surface area contributed by atoms with Crippen LogP contribution in [0.5, 0.6) is 5.75 Å². The largest absolute Gasteiger partial charge is 0.441 e. The van der Waals surface area contributed by atoms with Crippen LogP contribution in [0.3, 0.4) is 0 Å². The van der Waals surface area contributed by atoms with Crippen molar-refractivity contribution in [3.63, 3.8) is 0 Å². The number of hydrogen-bond acceptors (Lipinski definition) is 2. The lowest BCUT2D eigenvalue weighted by Crippen LogP contribution is -2.19. The van der Waals surface area contributed by atoms with E-state index in [0.717, 1.165) is 33.3 Å². The Bertz CT molecular complexity index is 959. The summed E-state index contributed by atoms with van der Waals surface area (Å²) in [6.07, 6.45) is 0. The zero-order valence-corrected chi connectivity index (χ0v) is 19.2. The maximum absolute atomic E-state index is 13.2. The minimum atomic E-state index is -2.43. The van der Waals surface area contributed by atoms with Crippen LogP contribution >= 0.6 is 8.03 Å². The molecule has 0 aliphatic heterocycles. The number of benzene rings is 3. The highest BCUT2D eigenvalue weighted by molar-refractivity contribution is 7.48. The molecule has 2 nitrogen and oxygen atoms in total. The molecule has 0 amide bonds. The van der Waals surface area contributed by atoms with Crippen molar-refractivity contribution in [3.05, 3.63) is 83.9 Å². The minimum absolute atomic E-state index is 0.101. The topological polar surface area (TPSA) is 26.3 Å². The van der Waals surface area contributed by atoms with E-state index in [2.05, 4.69) is 71.9 Å². The predicted octanol–water partition coefficient (Wildman–Crippen LogP) is 7.13. The third-order valence-electron chi connectivity index (χ3n) is 5.05. The van der Waals surface area contributed by atoms with Crippen LogP contribution < -0.4 is 9.83 Å². The van der Waals surface area contributed by atoms with E-state index in [0.29, 0.717) is 0 Å². The fourth-order valence-electron chi connectivity index (χ4n) is 3.41. The molecule has 0 aliphatic rings. The van der Waals surface area contributed by atoms with Crippen molar-refractivity contribution in [1.82, 2.24) is 0 Å². The van der Waals surface area contributed by atoms with E-state index >= 15 is 0 Å². The van der Waals surface area contributed by atoms with E-state index in [4.69, 9.17) is 4.52 Å². The monoisotopic (exact) mass is 406 g/mol. The smallest absolute Gasteiger partial charge is 0.265 e. The van der Waals surface area contributed by atoms with Gasteiger partial charge < -0.3 is 4.52 Å². The Hall–Kier alpha value is -2.31. The van der Waals surface area contributed by atoms with E-state index in [1.807, 2.05) is 42.5 Å². The van der Waals surface area contributed by atoms with Crippen LogP contribution in [0.1, 0.15) is 52.7 Å². The summed E-state index contributed by atoms with van der Waals surface area (Å²) in [6, 6.07) is 24.3. The number of para-hydroxylation sites is 1. The van der Waals surface area contributed by atoms with Crippen molar-refractivity contribution in [3.8, 4) is 16.9 Å². The van der Waals surface area contributed by atoms with Gasteiger partial charge in [-0.25, -0.2) is 0 Å². The molecule has 3 aromatic carbocycles. The Kier molecular flexibility index (Phi) is 6.05. The first kappa shape index (κ1) is 21.4. The highest BCUT2D eigenvalue weighted by Gasteiger charge is 2.27. The molecule has 3 aromatic rings. The molecule has 3 rings (SSSR count). The van der Waals surface area contributed by atoms with Gasteiger partial charge in [-0.05, 0) is 34.1 Å². The lowest BCUT2D eigenvalue weighted by molar-refractivity contribution is 0.474. The first-order chi connectivity index (χ1) is 13.6. The minimum Gasteiger partial charge on any atom is -0.441 e. The first-order valence-electron chi connectivity index (χ1n) is 10.1. The third kappa shape index (κ3) is 5.00. The molecule has 29 heavy (non-hydrogen) atoms. The van der Waals surface area contributed by atoms with Crippen molar-refractivity contribution in [2.24, 2.45) is 0 Å². The molecule has 152 valence electrons. The van der Waals surface area contributed by atoms with Crippen LogP contribution in [0.15, 0.2) is 72.8 Å². The van der Waals surface area contributed by atoms with Gasteiger partial charge in [-0.15, -0.1) is 0 Å². The SMILES string of the molecule is CC(C)(C)c1cccc(C(C)(C)C)c1O[PH](=O)c1ccc(-c2ccccc2)cc1. The van der Waals surface area contributed by atoms with Gasteiger partial charge in [0, 0.05) is 16.4 Å². The van der Waals surface area contributed by atoms with E-state index in [1.54, 1.807) is 0 Å². The molecule has 0 N–H and O–H groups in total. The Morgan fingerprint density at radius 2 is 1.10 bits per heavy atom. The van der Waals surface area contributed by atoms with E-state index in [-0.39, 0.29) is 10.8 Å². The quantitative estimate of drug-likeness (QED) is 0.431. The second kappa shape index (κ2) is 8.20. The van der Waals surface area contributed by atoms with Crippen LogP contribution in [0.2, 0.25) is 0 Å². The van der Waals surface area contributed by atoms with Crippen LogP contribution in [-0.2, 0) is 15.4 Å². The van der Waals surface area contributed by atoms with Gasteiger partial charge >= 0.3 is 0 Å². The van der Waals surface area contributed by atoms with Crippen LogP contribution in [-0.4, -0.2) is 0 Å². The second-order valence-electron chi connectivity index (χ2n) is 9.52. The molecule has 0 heterocycles. The molecule has 0 radical (unpaired) electrons. The van der Waals surface area contributed by atoms with Crippen LogP contribution in [0.25, 0.3) is 11.1 Å². The van der Waals surface area contributed by atoms with Gasteiger partial charge in [0.25, 0.3) is 8.03 Å². The fourth-order valence-corrected chi connectivity index (χ4v) is 4.37. The molecule has 0 saturated heterocycles. The molecule has 1 atom stereocenters. The second-order valence-corrected chi connectivity index (χ2v) is 10.9. The molecular formula is C26H31O2P. The zero-order chi connectivity index (χ0) is 21.2. The van der Waals surface area contributed by atoms with Gasteiger partial charge in [-0.1, -0.05) is 102 Å². The molecule has 3 heteroatoms. The first-order valence-corrected chi connectivity index (χ1v) is 11.4. The van der Waals surface area contributed by atoms with Crippen molar-refractivity contribution in [2.45, 2.75) is 52.4 Å². The average Bonchev–Trinajstić information content (AvgIpc) is 2.67. The molecule has 0 fully saturated rings. The zero-order valence-electron chi connectivity index (χ0n) is 18.2. The molecule has 0 bridgehead atoms. The summed E-state index contributed by atoms with van der Waals surface area (Å²) in [4.78, 5) is 0. The Morgan fingerprint density at radius 1 is 0.621 bits per heavy atom. The van der Waals surface area contributed by atoms with Gasteiger partial charge in [0.2, 0.25) is 0 Å². The van der Waals surface area contributed by atoms with E-state index in [1.165, 1.54) is 0 Å². The highest BCUT2D eigenvalue weighted by Crippen LogP contribution is 2.43. The van der Waals surface area contributed by atoms with Crippen LogP contribution in [0, 0.1) is 0 Å². The van der Waals surface area contributed by atoms with E-state index < -0.39 is 8.03 Å². The lowest BCUT2D eigenvalue weighted by Gasteiger charge is -2.29. The summed E-state index contributed by atoms with van der Waals surface area (Å²) >= 11 is 0. The number of rotatable bonds is 4. The highest BCUT2D eigenvalue weighted by atomic mass is 31.1. The standard InChI is InChI=1S/C26H31O2P/c1-25(2,3)22-13-10-14-23(26(4,5)6)24(22)28-29(27)21-17-15-20(16-18-21)19-11-8-7-9-12-19/h7-18,29H,1-6H3. The Balaban J connectivity index is 1.95.